The summed E-state index contributed by atoms with van der Waals surface area (Å²) < 4.78 is 15.7. The first-order valence-electron chi connectivity index (χ1n) is 9.69. The fraction of sp³-hybridized carbons (Fsp3) is 0.476. The number of hydrogen-bond acceptors (Lipinski definition) is 6. The van der Waals surface area contributed by atoms with Crippen LogP contribution in [0.5, 0.6) is 11.5 Å². The Morgan fingerprint density at radius 1 is 1.17 bits per heavy atom. The van der Waals surface area contributed by atoms with E-state index >= 15 is 0 Å². The number of rotatable bonds is 7. The maximum Gasteiger partial charge on any atom is 0.307 e. The fourth-order valence-electron chi connectivity index (χ4n) is 3.75. The zero-order valence-electron chi connectivity index (χ0n) is 17.3. The van der Waals surface area contributed by atoms with Crippen molar-refractivity contribution in [1.82, 2.24) is 15.1 Å². The second-order valence-electron chi connectivity index (χ2n) is 6.98. The van der Waals surface area contributed by atoms with E-state index in [0.29, 0.717) is 30.2 Å². The third kappa shape index (κ3) is 4.21. The quantitative estimate of drug-likeness (QED) is 0.717. The van der Waals surface area contributed by atoms with E-state index in [1.807, 2.05) is 12.1 Å². The van der Waals surface area contributed by atoms with Crippen LogP contribution in [-0.4, -0.2) is 54.8 Å². The van der Waals surface area contributed by atoms with Crippen molar-refractivity contribution >= 4 is 11.9 Å². The van der Waals surface area contributed by atoms with E-state index in [1.54, 1.807) is 25.2 Å². The monoisotopic (exact) mass is 401 g/mol. The van der Waals surface area contributed by atoms with Crippen molar-refractivity contribution in [3.8, 4) is 11.5 Å². The molecule has 0 saturated carbocycles. The number of carbonyl (C=O) groups is 2. The molecule has 2 heterocycles. The minimum atomic E-state index is -0.468. The molecule has 1 N–H and O–H groups in total. The van der Waals surface area contributed by atoms with Crippen molar-refractivity contribution in [2.75, 3.05) is 27.9 Å². The zero-order chi connectivity index (χ0) is 21.0. The highest BCUT2D eigenvalue weighted by Gasteiger charge is 2.35. The van der Waals surface area contributed by atoms with Gasteiger partial charge in [-0.3, -0.25) is 14.7 Å². The molecule has 1 amide bonds. The van der Waals surface area contributed by atoms with Crippen LogP contribution in [0, 0.1) is 0 Å². The summed E-state index contributed by atoms with van der Waals surface area (Å²) in [6, 6.07) is 5.07. The molecule has 156 valence electrons. The van der Waals surface area contributed by atoms with Gasteiger partial charge in [0.2, 0.25) is 0 Å². The van der Waals surface area contributed by atoms with Gasteiger partial charge in [0.05, 0.1) is 33.8 Å². The van der Waals surface area contributed by atoms with Gasteiger partial charge in [0.1, 0.15) is 5.69 Å². The Balaban J connectivity index is 1.98. The molecule has 8 nitrogen and oxygen atoms in total. The van der Waals surface area contributed by atoms with Crippen LogP contribution in [0.25, 0.3) is 0 Å². The maximum atomic E-state index is 13.2. The van der Waals surface area contributed by atoms with Crippen LogP contribution < -0.4 is 9.47 Å². The van der Waals surface area contributed by atoms with Crippen molar-refractivity contribution in [2.24, 2.45) is 0 Å². The molecule has 3 rings (SSSR count). The number of nitrogens with one attached hydrogen (secondary N) is 1. The lowest BCUT2D eigenvalue weighted by Crippen LogP contribution is -2.41. The molecule has 1 atom stereocenters. The van der Waals surface area contributed by atoms with Crippen molar-refractivity contribution < 1.29 is 23.8 Å². The largest absolute Gasteiger partial charge is 0.493 e. The molecule has 1 aromatic carbocycles. The van der Waals surface area contributed by atoms with Crippen LogP contribution in [0.2, 0.25) is 0 Å². The van der Waals surface area contributed by atoms with Crippen molar-refractivity contribution in [1.29, 1.82) is 0 Å². The Hall–Kier alpha value is -3.03. The van der Waals surface area contributed by atoms with Gasteiger partial charge in [-0.1, -0.05) is 13.3 Å². The fourth-order valence-corrected chi connectivity index (χ4v) is 3.75. The number of esters is 1. The van der Waals surface area contributed by atoms with Gasteiger partial charge in [-0.15, -0.1) is 0 Å². The van der Waals surface area contributed by atoms with E-state index in [2.05, 4.69) is 17.1 Å². The van der Waals surface area contributed by atoms with E-state index < -0.39 is 6.04 Å². The molecular formula is C21H27N3O5. The topological polar surface area (TPSA) is 93.8 Å². The summed E-state index contributed by atoms with van der Waals surface area (Å²) in [4.78, 5) is 27.0. The summed E-state index contributed by atoms with van der Waals surface area (Å²) in [5.74, 6) is 0.585. The minimum absolute atomic E-state index is 0.0525. The molecule has 8 heteroatoms. The highest BCUT2D eigenvalue weighted by Crippen LogP contribution is 2.40. The minimum Gasteiger partial charge on any atom is -0.493 e. The highest BCUT2D eigenvalue weighted by atomic mass is 16.5. The molecule has 0 aliphatic carbocycles. The smallest absolute Gasteiger partial charge is 0.307 e. The Morgan fingerprint density at radius 3 is 2.55 bits per heavy atom. The molecule has 0 saturated heterocycles. The number of methoxy groups -OCH3 is 3. The summed E-state index contributed by atoms with van der Waals surface area (Å²) in [5.41, 5.74) is 3.16. The first-order chi connectivity index (χ1) is 14.0. The molecule has 0 fully saturated rings. The SMILES string of the molecule is CCCc1cc(C(=O)N2CCc3cc(OC)c(OC)cc3C2CC(=O)OC)n[nH]1. The van der Waals surface area contributed by atoms with Gasteiger partial charge in [-0.05, 0) is 42.2 Å². The zero-order valence-corrected chi connectivity index (χ0v) is 17.3. The number of ether oxygens (including phenoxy) is 3. The van der Waals surface area contributed by atoms with Crippen LogP contribution in [0.1, 0.15) is 53.1 Å². The lowest BCUT2D eigenvalue weighted by molar-refractivity contribution is -0.141. The summed E-state index contributed by atoms with van der Waals surface area (Å²) in [6.45, 7) is 2.54. The predicted octanol–water partition coefficient (Wildman–Crippen LogP) is 2.68. The summed E-state index contributed by atoms with van der Waals surface area (Å²) in [6.07, 6.45) is 2.48. The summed E-state index contributed by atoms with van der Waals surface area (Å²) in [7, 11) is 4.49. The number of aromatic nitrogens is 2. The third-order valence-electron chi connectivity index (χ3n) is 5.22. The molecule has 1 aliphatic rings. The van der Waals surface area contributed by atoms with Gasteiger partial charge in [0.25, 0.3) is 5.91 Å². The highest BCUT2D eigenvalue weighted by molar-refractivity contribution is 5.93. The van der Waals surface area contributed by atoms with Crippen molar-refractivity contribution in [2.45, 2.75) is 38.6 Å². The van der Waals surface area contributed by atoms with E-state index in [9.17, 15) is 9.59 Å². The van der Waals surface area contributed by atoms with E-state index in [4.69, 9.17) is 14.2 Å². The number of amides is 1. The lowest BCUT2D eigenvalue weighted by atomic mass is 9.89. The molecule has 1 aromatic heterocycles. The number of aromatic amines is 1. The van der Waals surface area contributed by atoms with Crippen molar-refractivity contribution in [3.63, 3.8) is 0 Å². The molecular weight excluding hydrogens is 374 g/mol. The number of H-pyrrole nitrogens is 1. The number of fused-ring (bicyclic) bond motifs is 1. The van der Waals surface area contributed by atoms with Gasteiger partial charge in [-0.2, -0.15) is 5.10 Å². The molecule has 1 unspecified atom stereocenters. The first-order valence-corrected chi connectivity index (χ1v) is 9.69. The molecule has 29 heavy (non-hydrogen) atoms. The second-order valence-corrected chi connectivity index (χ2v) is 6.98. The van der Waals surface area contributed by atoms with Crippen molar-refractivity contribution in [3.05, 3.63) is 40.7 Å². The normalized spacial score (nSPS) is 15.6. The second kappa shape index (κ2) is 8.98. The van der Waals surface area contributed by atoms with Crippen LogP contribution in [0.3, 0.4) is 0 Å². The average Bonchev–Trinajstić information content (AvgIpc) is 3.21. The molecule has 0 spiro atoms. The Morgan fingerprint density at radius 2 is 1.90 bits per heavy atom. The van der Waals surface area contributed by atoms with Gasteiger partial charge in [-0.25, -0.2) is 0 Å². The maximum absolute atomic E-state index is 13.2. The van der Waals surface area contributed by atoms with E-state index in [1.165, 1.54) is 7.11 Å². The number of hydrogen-bond donors (Lipinski definition) is 1. The van der Waals surface area contributed by atoms with Crippen LogP contribution in [0.15, 0.2) is 18.2 Å². The number of benzene rings is 1. The number of nitrogens with zero attached hydrogens (tertiary/aromatic N) is 2. The first kappa shape index (κ1) is 20.7. The van der Waals surface area contributed by atoms with Crippen LogP contribution in [-0.2, 0) is 22.4 Å². The van der Waals surface area contributed by atoms with Crippen LogP contribution in [0.4, 0.5) is 0 Å². The van der Waals surface area contributed by atoms with Crippen LogP contribution >= 0.6 is 0 Å². The average molecular weight is 401 g/mol. The van der Waals surface area contributed by atoms with E-state index in [0.717, 1.165) is 29.7 Å². The molecule has 1 aliphatic heterocycles. The number of carbonyl (C=O) groups excluding carboxylic acids is 2. The predicted molar refractivity (Wildman–Crippen MR) is 106 cm³/mol. The standard InChI is InChI=1S/C21H27N3O5/c1-5-6-14-10-16(23-22-14)21(26)24-8-7-13-9-18(27-2)19(28-3)11-15(13)17(24)12-20(25)29-4/h9-11,17H,5-8,12H2,1-4H3,(H,22,23). The van der Waals surface area contributed by atoms with Gasteiger partial charge in [0.15, 0.2) is 11.5 Å². The Kier molecular flexibility index (Phi) is 6.41. The van der Waals surface area contributed by atoms with Gasteiger partial charge in [0, 0.05) is 12.2 Å². The molecule has 2 aromatic rings. The van der Waals surface area contributed by atoms with Gasteiger partial charge >= 0.3 is 5.97 Å². The number of aryl methyl sites for hydroxylation is 1. The summed E-state index contributed by atoms with van der Waals surface area (Å²) in [5, 5.41) is 7.10. The molecule has 0 bridgehead atoms. The van der Waals surface area contributed by atoms with E-state index in [-0.39, 0.29) is 18.3 Å². The molecule has 0 radical (unpaired) electrons. The lowest BCUT2D eigenvalue weighted by Gasteiger charge is -2.37. The Labute approximate surface area is 170 Å². The summed E-state index contributed by atoms with van der Waals surface area (Å²) >= 11 is 0. The van der Waals surface area contributed by atoms with Gasteiger partial charge < -0.3 is 19.1 Å². The Bertz CT molecular complexity index is 892. The third-order valence-corrected chi connectivity index (χ3v) is 5.22.